The van der Waals surface area contributed by atoms with E-state index in [0.29, 0.717) is 16.3 Å². The number of carbonyl (C=O) groups is 2. The van der Waals surface area contributed by atoms with E-state index in [2.05, 4.69) is 16.4 Å². The zero-order chi connectivity index (χ0) is 22.1. The molecule has 31 heavy (non-hydrogen) atoms. The van der Waals surface area contributed by atoms with E-state index in [1.165, 1.54) is 24.0 Å². The fourth-order valence-electron chi connectivity index (χ4n) is 3.58. The first-order valence-electron chi connectivity index (χ1n) is 9.89. The molecular formula is C24H23N3O3S. The predicted molar refractivity (Wildman–Crippen MR) is 123 cm³/mol. The number of fused-ring (bicyclic) bond motifs is 1. The third-order valence-corrected chi connectivity index (χ3v) is 6.30. The molecule has 1 N–H and O–H groups in total. The molecule has 6 nitrogen and oxygen atoms in total. The highest BCUT2D eigenvalue weighted by atomic mass is 32.1. The first-order valence-corrected chi connectivity index (χ1v) is 10.7. The number of thiophene rings is 1. The van der Waals surface area contributed by atoms with Gasteiger partial charge in [-0.25, -0.2) is 9.78 Å². The van der Waals surface area contributed by atoms with Gasteiger partial charge in [-0.05, 0) is 49.6 Å². The van der Waals surface area contributed by atoms with Crippen molar-refractivity contribution in [2.45, 2.75) is 27.2 Å². The van der Waals surface area contributed by atoms with Crippen molar-refractivity contribution in [3.8, 4) is 11.1 Å². The minimum Gasteiger partial charge on any atom is -0.465 e. The van der Waals surface area contributed by atoms with Gasteiger partial charge in [-0.1, -0.05) is 24.3 Å². The van der Waals surface area contributed by atoms with Gasteiger partial charge in [-0.3, -0.25) is 4.79 Å². The number of aromatic nitrogens is 2. The summed E-state index contributed by atoms with van der Waals surface area (Å²) < 4.78 is 6.92. The molecule has 1 aromatic carbocycles. The Balaban J connectivity index is 1.66. The van der Waals surface area contributed by atoms with Crippen molar-refractivity contribution < 1.29 is 14.3 Å². The Morgan fingerprint density at radius 2 is 1.94 bits per heavy atom. The highest BCUT2D eigenvalue weighted by molar-refractivity contribution is 7.17. The number of aryl methyl sites for hydroxylation is 3. The second kappa shape index (κ2) is 8.35. The Kier molecular flexibility index (Phi) is 5.61. The first-order chi connectivity index (χ1) is 14.9. The molecule has 3 heterocycles. The Morgan fingerprint density at radius 1 is 1.13 bits per heavy atom. The number of ether oxygens (including phenoxy) is 1. The van der Waals surface area contributed by atoms with Crippen LogP contribution in [0.15, 0.2) is 48.8 Å². The number of imidazole rings is 1. The van der Waals surface area contributed by atoms with Gasteiger partial charge in [0.2, 0.25) is 5.91 Å². The van der Waals surface area contributed by atoms with Crippen LogP contribution in [0.5, 0.6) is 0 Å². The average Bonchev–Trinajstić information content (AvgIpc) is 3.29. The quantitative estimate of drug-likeness (QED) is 0.452. The third kappa shape index (κ3) is 4.09. The Hall–Kier alpha value is -3.45. The molecule has 0 unspecified atom stereocenters. The molecule has 7 heteroatoms. The summed E-state index contributed by atoms with van der Waals surface area (Å²) in [4.78, 5) is 30.8. The van der Waals surface area contributed by atoms with Gasteiger partial charge in [-0.15, -0.1) is 11.3 Å². The van der Waals surface area contributed by atoms with Crippen LogP contribution in [-0.2, 0) is 16.0 Å². The van der Waals surface area contributed by atoms with E-state index in [1.807, 2.05) is 67.9 Å². The summed E-state index contributed by atoms with van der Waals surface area (Å²) in [6.07, 6.45) is 3.83. The number of amides is 1. The minimum atomic E-state index is -0.472. The molecule has 0 aliphatic heterocycles. The van der Waals surface area contributed by atoms with Crippen LogP contribution in [0.2, 0.25) is 0 Å². The number of anilines is 1. The van der Waals surface area contributed by atoms with Crippen molar-refractivity contribution >= 4 is 33.9 Å². The zero-order valence-electron chi connectivity index (χ0n) is 17.9. The Morgan fingerprint density at radius 3 is 2.65 bits per heavy atom. The zero-order valence-corrected chi connectivity index (χ0v) is 18.7. The molecule has 0 saturated heterocycles. The van der Waals surface area contributed by atoms with Gasteiger partial charge in [0.05, 0.1) is 19.2 Å². The number of pyridine rings is 1. The largest absolute Gasteiger partial charge is 0.465 e. The maximum absolute atomic E-state index is 12.8. The third-order valence-electron chi connectivity index (χ3n) is 5.28. The summed E-state index contributed by atoms with van der Waals surface area (Å²) in [5, 5.41) is 3.40. The fraction of sp³-hybridized carbons (Fsp3) is 0.208. The van der Waals surface area contributed by atoms with Crippen LogP contribution < -0.4 is 5.32 Å². The summed E-state index contributed by atoms with van der Waals surface area (Å²) in [5.41, 5.74) is 5.86. The van der Waals surface area contributed by atoms with Gasteiger partial charge < -0.3 is 14.5 Å². The maximum atomic E-state index is 12.8. The fourth-order valence-corrected chi connectivity index (χ4v) is 4.66. The number of benzene rings is 1. The molecule has 0 aliphatic rings. The molecule has 3 aromatic heterocycles. The van der Waals surface area contributed by atoms with Crippen LogP contribution in [0.1, 0.15) is 32.1 Å². The second-order valence-electron chi connectivity index (χ2n) is 7.45. The molecule has 0 fully saturated rings. The number of esters is 1. The number of hydrogen-bond donors (Lipinski definition) is 1. The van der Waals surface area contributed by atoms with Crippen LogP contribution in [0.4, 0.5) is 5.00 Å². The van der Waals surface area contributed by atoms with Gasteiger partial charge in [0.25, 0.3) is 0 Å². The van der Waals surface area contributed by atoms with Crippen LogP contribution in [-0.4, -0.2) is 28.4 Å². The average molecular weight is 434 g/mol. The summed E-state index contributed by atoms with van der Waals surface area (Å²) in [6.45, 7) is 6.03. The lowest BCUT2D eigenvalue weighted by molar-refractivity contribution is -0.115. The van der Waals surface area contributed by atoms with Gasteiger partial charge in [0, 0.05) is 22.8 Å². The Labute approximate surface area is 184 Å². The molecule has 4 rings (SSSR count). The SMILES string of the molecule is COC(=O)c1c(NC(=O)Cc2cn3ccccc3n2)sc(C)c1-c1ccc(C)c(C)c1. The van der Waals surface area contributed by atoms with Crippen LogP contribution in [0, 0.1) is 20.8 Å². The molecule has 1 amide bonds. The number of nitrogens with one attached hydrogen (secondary N) is 1. The molecule has 158 valence electrons. The maximum Gasteiger partial charge on any atom is 0.341 e. The van der Waals surface area contributed by atoms with Gasteiger partial charge >= 0.3 is 5.97 Å². The van der Waals surface area contributed by atoms with Crippen molar-refractivity contribution in [2.75, 3.05) is 12.4 Å². The number of nitrogens with zero attached hydrogens (tertiary/aromatic N) is 2. The first kappa shape index (κ1) is 20.8. The van der Waals surface area contributed by atoms with Crippen molar-refractivity contribution in [1.82, 2.24) is 9.38 Å². The predicted octanol–water partition coefficient (Wildman–Crippen LogP) is 4.96. The van der Waals surface area contributed by atoms with E-state index in [1.54, 1.807) is 0 Å². The molecule has 0 spiro atoms. The van der Waals surface area contributed by atoms with E-state index in [0.717, 1.165) is 27.2 Å². The second-order valence-corrected chi connectivity index (χ2v) is 8.68. The molecule has 0 bridgehead atoms. The van der Waals surface area contributed by atoms with Crippen LogP contribution in [0.25, 0.3) is 16.8 Å². The van der Waals surface area contributed by atoms with Crippen molar-refractivity contribution in [1.29, 1.82) is 0 Å². The van der Waals surface area contributed by atoms with Crippen molar-refractivity contribution in [3.63, 3.8) is 0 Å². The van der Waals surface area contributed by atoms with E-state index >= 15 is 0 Å². The summed E-state index contributed by atoms with van der Waals surface area (Å²) >= 11 is 1.38. The summed E-state index contributed by atoms with van der Waals surface area (Å²) in [7, 11) is 1.35. The topological polar surface area (TPSA) is 72.7 Å². The molecule has 0 aliphatic carbocycles. The highest BCUT2D eigenvalue weighted by Crippen LogP contribution is 2.40. The standard InChI is InChI=1S/C24H23N3O3S/c1-14-8-9-17(11-15(14)2)21-16(3)31-23(22(21)24(29)30-4)26-20(28)12-18-13-27-10-6-5-7-19(27)25-18/h5-11,13H,12H2,1-4H3,(H,26,28). The number of rotatable bonds is 5. The summed E-state index contributed by atoms with van der Waals surface area (Å²) in [5.74, 6) is -0.706. The number of hydrogen-bond acceptors (Lipinski definition) is 5. The minimum absolute atomic E-state index is 0.109. The van der Waals surface area contributed by atoms with Crippen LogP contribution in [0.3, 0.4) is 0 Å². The van der Waals surface area contributed by atoms with Crippen molar-refractivity contribution in [2.24, 2.45) is 0 Å². The summed E-state index contributed by atoms with van der Waals surface area (Å²) in [6, 6.07) is 11.8. The molecule has 0 saturated carbocycles. The Bertz CT molecular complexity index is 1270. The molecular weight excluding hydrogens is 410 g/mol. The van der Waals surface area contributed by atoms with E-state index in [-0.39, 0.29) is 12.3 Å². The highest BCUT2D eigenvalue weighted by Gasteiger charge is 2.25. The lowest BCUT2D eigenvalue weighted by Crippen LogP contribution is -2.16. The molecule has 0 radical (unpaired) electrons. The van der Waals surface area contributed by atoms with Gasteiger partial charge in [-0.2, -0.15) is 0 Å². The van der Waals surface area contributed by atoms with Crippen molar-refractivity contribution in [3.05, 3.63) is 76.1 Å². The van der Waals surface area contributed by atoms with Gasteiger partial charge in [0.1, 0.15) is 16.2 Å². The molecule has 0 atom stereocenters. The van der Waals surface area contributed by atoms with E-state index in [4.69, 9.17) is 4.74 Å². The van der Waals surface area contributed by atoms with Crippen LogP contribution >= 0.6 is 11.3 Å². The number of methoxy groups -OCH3 is 1. The number of carbonyl (C=O) groups excluding carboxylic acids is 2. The normalized spacial score (nSPS) is 11.0. The van der Waals surface area contributed by atoms with E-state index < -0.39 is 5.97 Å². The monoisotopic (exact) mass is 433 g/mol. The smallest absolute Gasteiger partial charge is 0.341 e. The lowest BCUT2D eigenvalue weighted by Gasteiger charge is -2.09. The van der Waals surface area contributed by atoms with Gasteiger partial charge in [0.15, 0.2) is 0 Å². The molecule has 4 aromatic rings. The lowest BCUT2D eigenvalue weighted by atomic mass is 9.97. The van der Waals surface area contributed by atoms with E-state index in [9.17, 15) is 9.59 Å².